The van der Waals surface area contributed by atoms with Crippen molar-refractivity contribution in [2.45, 2.75) is 30.7 Å². The van der Waals surface area contributed by atoms with E-state index in [1.165, 1.54) is 18.2 Å². The molecule has 1 heterocycles. The molecule has 0 radical (unpaired) electrons. The third kappa shape index (κ3) is 4.01. The lowest BCUT2D eigenvalue weighted by Crippen LogP contribution is -2.49. The number of carbonyl (C=O) groups is 1. The highest BCUT2D eigenvalue weighted by atomic mass is 32.2. The van der Waals surface area contributed by atoms with E-state index in [-0.39, 0.29) is 24.6 Å². The minimum Gasteiger partial charge on any atom is -0.450 e. The molecular formula is C14H19N3O6S. The fraction of sp³-hybridized carbons (Fsp3) is 0.500. The zero-order valence-corrected chi connectivity index (χ0v) is 14.0. The molecule has 0 saturated carbocycles. The van der Waals surface area contributed by atoms with E-state index in [1.54, 1.807) is 6.92 Å². The van der Waals surface area contributed by atoms with Crippen LogP contribution in [-0.4, -0.2) is 49.5 Å². The van der Waals surface area contributed by atoms with Crippen molar-refractivity contribution in [3.63, 3.8) is 0 Å². The molecule has 2 rings (SSSR count). The van der Waals surface area contributed by atoms with Crippen LogP contribution in [0.2, 0.25) is 0 Å². The maximum Gasteiger partial charge on any atom is 0.407 e. The SMILES string of the molecule is CCOC(=O)N[C@@H]1CCCN(S(=O)(=O)c2ccccc2[N+](=O)[O-])C1. The molecule has 9 nitrogen and oxygen atoms in total. The van der Waals surface area contributed by atoms with Gasteiger partial charge in [0.15, 0.2) is 4.90 Å². The molecule has 1 fully saturated rings. The molecule has 1 aliphatic heterocycles. The summed E-state index contributed by atoms with van der Waals surface area (Å²) < 4.78 is 31.4. The molecule has 24 heavy (non-hydrogen) atoms. The van der Waals surface area contributed by atoms with E-state index in [1.807, 2.05) is 0 Å². The van der Waals surface area contributed by atoms with Gasteiger partial charge in [-0.1, -0.05) is 12.1 Å². The third-order valence-corrected chi connectivity index (χ3v) is 5.57. The zero-order valence-electron chi connectivity index (χ0n) is 13.2. The van der Waals surface area contributed by atoms with Crippen LogP contribution in [0, 0.1) is 10.1 Å². The number of para-hydroxylation sites is 1. The predicted molar refractivity (Wildman–Crippen MR) is 85.0 cm³/mol. The molecule has 1 saturated heterocycles. The Hall–Kier alpha value is -2.20. The van der Waals surface area contributed by atoms with E-state index in [4.69, 9.17) is 4.74 Å². The maximum atomic E-state index is 12.7. The summed E-state index contributed by atoms with van der Waals surface area (Å²) in [5, 5.41) is 13.7. The van der Waals surface area contributed by atoms with Crippen LogP contribution >= 0.6 is 0 Å². The number of alkyl carbamates (subject to hydrolysis) is 1. The van der Waals surface area contributed by atoms with Gasteiger partial charge in [-0.3, -0.25) is 10.1 Å². The van der Waals surface area contributed by atoms with Gasteiger partial charge in [-0.05, 0) is 25.8 Å². The number of rotatable bonds is 5. The van der Waals surface area contributed by atoms with E-state index < -0.39 is 32.8 Å². The largest absolute Gasteiger partial charge is 0.450 e. The topological polar surface area (TPSA) is 119 Å². The number of benzene rings is 1. The van der Waals surface area contributed by atoms with Gasteiger partial charge >= 0.3 is 6.09 Å². The van der Waals surface area contributed by atoms with Crippen molar-refractivity contribution in [1.82, 2.24) is 9.62 Å². The van der Waals surface area contributed by atoms with Crippen molar-refractivity contribution in [3.05, 3.63) is 34.4 Å². The first-order valence-corrected chi connectivity index (χ1v) is 8.97. The Balaban J connectivity index is 2.20. The minimum absolute atomic E-state index is 0.0488. The van der Waals surface area contributed by atoms with Crippen LogP contribution in [0.25, 0.3) is 0 Å². The molecule has 10 heteroatoms. The number of ether oxygens (including phenoxy) is 1. The summed E-state index contributed by atoms with van der Waals surface area (Å²) in [6, 6.07) is 4.84. The molecule has 132 valence electrons. The third-order valence-electron chi connectivity index (χ3n) is 3.66. The van der Waals surface area contributed by atoms with Gasteiger partial charge in [0.25, 0.3) is 5.69 Å². The fourth-order valence-electron chi connectivity index (χ4n) is 2.58. The average Bonchev–Trinajstić information content (AvgIpc) is 2.55. The second-order valence-electron chi connectivity index (χ2n) is 5.29. The molecule has 0 aromatic heterocycles. The summed E-state index contributed by atoms with van der Waals surface area (Å²) in [4.78, 5) is 21.5. The summed E-state index contributed by atoms with van der Waals surface area (Å²) in [5.41, 5.74) is -0.460. The van der Waals surface area contributed by atoms with Crippen LogP contribution in [0.15, 0.2) is 29.2 Å². The summed E-state index contributed by atoms with van der Waals surface area (Å²) >= 11 is 0. The van der Waals surface area contributed by atoms with Gasteiger partial charge in [-0.25, -0.2) is 13.2 Å². The zero-order chi connectivity index (χ0) is 17.7. The highest BCUT2D eigenvalue weighted by Gasteiger charge is 2.35. The van der Waals surface area contributed by atoms with Crippen molar-refractivity contribution in [2.75, 3.05) is 19.7 Å². The molecule has 1 aromatic rings. The summed E-state index contributed by atoms with van der Waals surface area (Å²) in [7, 11) is -4.02. The van der Waals surface area contributed by atoms with Gasteiger partial charge in [0.05, 0.1) is 11.5 Å². The van der Waals surface area contributed by atoms with Crippen molar-refractivity contribution in [2.24, 2.45) is 0 Å². The fourth-order valence-corrected chi connectivity index (χ4v) is 4.26. The highest BCUT2D eigenvalue weighted by Crippen LogP contribution is 2.28. The normalized spacial score (nSPS) is 18.8. The number of sulfonamides is 1. The first-order chi connectivity index (χ1) is 11.4. The molecule has 1 atom stereocenters. The number of nitro groups is 1. The lowest BCUT2D eigenvalue weighted by molar-refractivity contribution is -0.387. The molecule has 1 amide bonds. The number of carbonyl (C=O) groups excluding carboxylic acids is 1. The molecule has 1 aromatic carbocycles. The molecule has 0 aliphatic carbocycles. The summed E-state index contributed by atoms with van der Waals surface area (Å²) in [5.74, 6) is 0. The van der Waals surface area contributed by atoms with Crippen molar-refractivity contribution >= 4 is 21.8 Å². The van der Waals surface area contributed by atoms with Crippen LogP contribution in [0.5, 0.6) is 0 Å². The quantitative estimate of drug-likeness (QED) is 0.630. The number of amides is 1. The molecule has 0 bridgehead atoms. The molecule has 0 spiro atoms. The Morgan fingerprint density at radius 1 is 1.46 bits per heavy atom. The van der Waals surface area contributed by atoms with Gasteiger partial charge < -0.3 is 10.1 Å². The lowest BCUT2D eigenvalue weighted by atomic mass is 10.1. The Morgan fingerprint density at radius 3 is 2.83 bits per heavy atom. The van der Waals surface area contributed by atoms with Crippen molar-refractivity contribution < 1.29 is 22.9 Å². The summed E-state index contributed by atoms with van der Waals surface area (Å²) in [6.07, 6.45) is 0.547. The van der Waals surface area contributed by atoms with Crippen molar-refractivity contribution in [1.29, 1.82) is 0 Å². The Kier molecular flexibility index (Phi) is 5.73. The lowest BCUT2D eigenvalue weighted by Gasteiger charge is -2.31. The van der Waals surface area contributed by atoms with Gasteiger partial charge in [0.2, 0.25) is 10.0 Å². The van der Waals surface area contributed by atoms with E-state index >= 15 is 0 Å². The van der Waals surface area contributed by atoms with Crippen molar-refractivity contribution in [3.8, 4) is 0 Å². The average molecular weight is 357 g/mol. The van der Waals surface area contributed by atoms with Crippen LogP contribution in [0.4, 0.5) is 10.5 Å². The first kappa shape index (κ1) is 18.1. The van der Waals surface area contributed by atoms with Crippen LogP contribution in [-0.2, 0) is 14.8 Å². The van der Waals surface area contributed by atoms with E-state index in [2.05, 4.69) is 5.32 Å². The number of hydrogen-bond acceptors (Lipinski definition) is 6. The van der Waals surface area contributed by atoms with Gasteiger partial charge in [-0.15, -0.1) is 0 Å². The standard InChI is InChI=1S/C14H19N3O6S/c1-2-23-14(18)15-11-6-5-9-16(10-11)24(21,22)13-8-4-3-7-12(13)17(19)20/h3-4,7-8,11H,2,5-6,9-10H2,1H3,(H,15,18)/t11-/m1/s1. The highest BCUT2D eigenvalue weighted by molar-refractivity contribution is 7.89. The van der Waals surface area contributed by atoms with Gasteiger partial charge in [0, 0.05) is 25.2 Å². The number of nitro benzene ring substituents is 1. The summed E-state index contributed by atoms with van der Waals surface area (Å²) in [6.45, 7) is 2.19. The van der Waals surface area contributed by atoms with E-state index in [0.29, 0.717) is 12.8 Å². The number of piperidine rings is 1. The van der Waals surface area contributed by atoms with Crippen LogP contribution in [0.3, 0.4) is 0 Å². The number of nitrogens with zero attached hydrogens (tertiary/aromatic N) is 2. The maximum absolute atomic E-state index is 12.7. The Labute approximate surface area is 139 Å². The molecule has 1 N–H and O–H groups in total. The second-order valence-corrected chi connectivity index (χ2v) is 7.20. The van der Waals surface area contributed by atoms with Crippen LogP contribution in [0.1, 0.15) is 19.8 Å². The molecule has 1 aliphatic rings. The predicted octanol–water partition coefficient (Wildman–Crippen LogP) is 1.49. The van der Waals surface area contributed by atoms with Gasteiger partial charge in [0.1, 0.15) is 0 Å². The minimum atomic E-state index is -4.02. The number of nitrogens with one attached hydrogen (secondary N) is 1. The second kappa shape index (κ2) is 7.58. The monoisotopic (exact) mass is 357 g/mol. The number of hydrogen-bond donors (Lipinski definition) is 1. The first-order valence-electron chi connectivity index (χ1n) is 7.53. The van der Waals surface area contributed by atoms with E-state index in [0.717, 1.165) is 10.4 Å². The van der Waals surface area contributed by atoms with Gasteiger partial charge in [-0.2, -0.15) is 4.31 Å². The Bertz CT molecular complexity index is 721. The van der Waals surface area contributed by atoms with Crippen LogP contribution < -0.4 is 5.32 Å². The van der Waals surface area contributed by atoms with E-state index in [9.17, 15) is 23.3 Å². The Morgan fingerprint density at radius 2 is 2.17 bits per heavy atom. The smallest absolute Gasteiger partial charge is 0.407 e. The molecule has 0 unspecified atom stereocenters. The molecular weight excluding hydrogens is 338 g/mol.